The van der Waals surface area contributed by atoms with Crippen LogP contribution in [-0.4, -0.2) is 44.4 Å². The summed E-state index contributed by atoms with van der Waals surface area (Å²) in [5.74, 6) is -0.128. The number of nitrogens with zero attached hydrogens (tertiary/aromatic N) is 3. The number of rotatable bonds is 4. The van der Waals surface area contributed by atoms with Crippen LogP contribution in [0.3, 0.4) is 0 Å². The van der Waals surface area contributed by atoms with Crippen LogP contribution in [0.2, 0.25) is 0 Å². The number of likely N-dealkylation sites (tertiary alicyclic amines) is 1. The third-order valence-corrected chi connectivity index (χ3v) is 8.77. The van der Waals surface area contributed by atoms with Crippen molar-refractivity contribution in [2.45, 2.75) is 44.6 Å². The molecule has 2 aromatic carbocycles. The van der Waals surface area contributed by atoms with Gasteiger partial charge in [0.05, 0.1) is 0 Å². The summed E-state index contributed by atoms with van der Waals surface area (Å²) in [5, 5.41) is 13.8. The van der Waals surface area contributed by atoms with Crippen LogP contribution in [0.1, 0.15) is 59.5 Å². The molecule has 8 heteroatoms. The maximum Gasteiger partial charge on any atom is 0.355 e. The smallest absolute Gasteiger partial charge is 0.355 e. The molecule has 2 aromatic heterocycles. The molecule has 2 atom stereocenters. The highest BCUT2D eigenvalue weighted by molar-refractivity contribution is 7.13. The van der Waals surface area contributed by atoms with Gasteiger partial charge >= 0.3 is 5.97 Å². The maximum atomic E-state index is 13.0. The van der Waals surface area contributed by atoms with Crippen molar-refractivity contribution in [1.29, 1.82) is 0 Å². The second-order valence-electron chi connectivity index (χ2n) is 9.37. The molecule has 3 heterocycles. The molecule has 0 bridgehead atoms. The first-order chi connectivity index (χ1) is 18.1. The number of hydrogen-bond acceptors (Lipinski definition) is 6. The first kappa shape index (κ1) is 25.3. The van der Waals surface area contributed by atoms with Gasteiger partial charge in [-0.25, -0.2) is 14.8 Å². The normalized spacial score (nSPS) is 18.9. The lowest BCUT2D eigenvalue weighted by atomic mass is 9.78. The highest BCUT2D eigenvalue weighted by atomic mass is 32.1. The molecule has 1 aliphatic carbocycles. The Kier molecular flexibility index (Phi) is 8.06. The molecule has 6 nitrogen and oxygen atoms in total. The fourth-order valence-corrected chi connectivity index (χ4v) is 6.79. The van der Waals surface area contributed by atoms with Crippen molar-refractivity contribution in [3.8, 4) is 21.1 Å². The topological polar surface area (TPSA) is 83.4 Å². The van der Waals surface area contributed by atoms with Gasteiger partial charge in [0.15, 0.2) is 5.69 Å². The van der Waals surface area contributed by atoms with Crippen LogP contribution in [0.15, 0.2) is 71.4 Å². The molecular weight excluding hydrogens is 502 g/mol. The molecule has 1 amide bonds. The Balaban J connectivity index is 0.000000171. The first-order valence-electron chi connectivity index (χ1n) is 12.7. The third-order valence-electron chi connectivity index (χ3n) is 6.99. The zero-order valence-electron chi connectivity index (χ0n) is 20.5. The van der Waals surface area contributed by atoms with Gasteiger partial charge in [-0.3, -0.25) is 4.79 Å². The number of amides is 1. The lowest BCUT2D eigenvalue weighted by Crippen LogP contribution is -2.49. The average molecular weight is 532 g/mol. The van der Waals surface area contributed by atoms with E-state index in [1.807, 2.05) is 66.0 Å². The number of piperidine rings is 1. The lowest BCUT2D eigenvalue weighted by Gasteiger charge is -2.43. The lowest BCUT2D eigenvalue weighted by molar-refractivity contribution is 0.0386. The van der Waals surface area contributed by atoms with Gasteiger partial charge in [0, 0.05) is 34.5 Å². The minimum atomic E-state index is -0.983. The van der Waals surface area contributed by atoms with Crippen molar-refractivity contribution in [1.82, 2.24) is 14.9 Å². The van der Waals surface area contributed by atoms with Crippen LogP contribution in [0, 0.1) is 5.92 Å². The molecule has 2 aliphatic rings. The molecule has 1 saturated heterocycles. The summed E-state index contributed by atoms with van der Waals surface area (Å²) in [6.45, 7) is 0.901. The van der Waals surface area contributed by atoms with E-state index in [0.717, 1.165) is 34.1 Å². The number of carboxylic acids is 1. The van der Waals surface area contributed by atoms with Gasteiger partial charge in [0.1, 0.15) is 15.7 Å². The molecule has 2 fully saturated rings. The molecule has 1 N–H and O–H groups in total. The molecule has 190 valence electrons. The predicted molar refractivity (Wildman–Crippen MR) is 148 cm³/mol. The number of thiazole rings is 2. The van der Waals surface area contributed by atoms with E-state index in [1.54, 1.807) is 16.7 Å². The molecule has 0 radical (unpaired) electrons. The fraction of sp³-hybridized carbons (Fsp3) is 0.310. The number of fused-ring (bicyclic) bond motifs is 1. The number of carboxylic acid groups (broad SMARTS) is 1. The number of carbonyl (C=O) groups excluding carboxylic acids is 1. The maximum absolute atomic E-state index is 13.0. The summed E-state index contributed by atoms with van der Waals surface area (Å²) in [5.41, 5.74) is 2.77. The summed E-state index contributed by atoms with van der Waals surface area (Å²) in [6, 6.07) is 20.1. The predicted octanol–water partition coefficient (Wildman–Crippen LogP) is 7.11. The summed E-state index contributed by atoms with van der Waals surface area (Å²) in [7, 11) is 0. The summed E-state index contributed by atoms with van der Waals surface area (Å²) in [6.07, 6.45) is 7.49. The SMILES string of the molecule is O=C(O)c1csc(-c2ccccc2)n1.O=C(c1csc(-c2ccccc2)n1)N1CCCC2CCCCC21. The Morgan fingerprint density at radius 3 is 1.89 bits per heavy atom. The van der Waals surface area contributed by atoms with E-state index in [0.29, 0.717) is 17.7 Å². The van der Waals surface area contributed by atoms with E-state index in [-0.39, 0.29) is 11.6 Å². The van der Waals surface area contributed by atoms with Crippen molar-refractivity contribution in [3.63, 3.8) is 0 Å². The van der Waals surface area contributed by atoms with Crippen molar-refractivity contribution in [3.05, 3.63) is 82.8 Å². The van der Waals surface area contributed by atoms with Gasteiger partial charge in [-0.2, -0.15) is 0 Å². The van der Waals surface area contributed by atoms with Crippen LogP contribution < -0.4 is 0 Å². The monoisotopic (exact) mass is 531 g/mol. The van der Waals surface area contributed by atoms with Gasteiger partial charge in [0.25, 0.3) is 5.91 Å². The van der Waals surface area contributed by atoms with Crippen molar-refractivity contribution in [2.24, 2.45) is 5.92 Å². The zero-order chi connectivity index (χ0) is 25.6. The molecular formula is C29H29N3O3S2. The second-order valence-corrected chi connectivity index (χ2v) is 11.1. The first-order valence-corrected chi connectivity index (χ1v) is 14.4. The number of aromatic nitrogens is 2. The molecule has 1 saturated carbocycles. The number of carbonyl (C=O) groups is 2. The Morgan fingerprint density at radius 2 is 1.30 bits per heavy atom. The van der Waals surface area contributed by atoms with E-state index in [1.165, 1.54) is 43.4 Å². The molecule has 2 unspecified atom stereocenters. The minimum absolute atomic E-state index is 0.105. The summed E-state index contributed by atoms with van der Waals surface area (Å²) >= 11 is 2.90. The van der Waals surface area contributed by atoms with Gasteiger partial charge in [-0.1, -0.05) is 73.5 Å². The number of aromatic carboxylic acids is 1. The van der Waals surface area contributed by atoms with Crippen molar-refractivity contribution in [2.75, 3.05) is 6.54 Å². The molecule has 6 rings (SSSR count). The third kappa shape index (κ3) is 5.97. The zero-order valence-corrected chi connectivity index (χ0v) is 22.1. The van der Waals surface area contributed by atoms with E-state index in [2.05, 4.69) is 14.9 Å². The van der Waals surface area contributed by atoms with Crippen molar-refractivity contribution >= 4 is 34.6 Å². The largest absolute Gasteiger partial charge is 0.476 e. The number of hydrogen-bond donors (Lipinski definition) is 1. The van der Waals surface area contributed by atoms with Crippen LogP contribution in [0.5, 0.6) is 0 Å². The van der Waals surface area contributed by atoms with E-state index < -0.39 is 5.97 Å². The second kappa shape index (κ2) is 11.8. The Bertz CT molecular complexity index is 1330. The van der Waals surface area contributed by atoms with Crippen molar-refractivity contribution < 1.29 is 14.7 Å². The van der Waals surface area contributed by atoms with Gasteiger partial charge in [-0.05, 0) is 31.6 Å². The standard InChI is InChI=1S/C19H22N2OS.C10H7NO2S/c22-19(21-12-6-10-14-7-4-5-11-17(14)21)16-13-23-18(20-16)15-8-2-1-3-9-15;12-10(13)8-6-14-9(11-8)7-4-2-1-3-5-7/h1-3,8-9,13-14,17H,4-7,10-12H2;1-6H,(H,12,13). The Morgan fingerprint density at radius 1 is 0.757 bits per heavy atom. The Labute approximate surface area is 224 Å². The fourth-order valence-electron chi connectivity index (χ4n) is 5.19. The average Bonchev–Trinajstić information content (AvgIpc) is 3.65. The Hall–Kier alpha value is -3.36. The highest BCUT2D eigenvalue weighted by Gasteiger charge is 2.36. The molecule has 4 aromatic rings. The van der Waals surface area contributed by atoms with Crippen LogP contribution >= 0.6 is 22.7 Å². The van der Waals surface area contributed by atoms with E-state index in [4.69, 9.17) is 5.11 Å². The van der Waals surface area contributed by atoms with Crippen LogP contribution in [-0.2, 0) is 0 Å². The quantitative estimate of drug-likeness (QED) is 0.303. The molecule has 0 spiro atoms. The van der Waals surface area contributed by atoms with E-state index in [9.17, 15) is 9.59 Å². The summed E-state index contributed by atoms with van der Waals surface area (Å²) < 4.78 is 0. The van der Waals surface area contributed by atoms with Crippen LogP contribution in [0.25, 0.3) is 21.1 Å². The molecule has 37 heavy (non-hydrogen) atoms. The highest BCUT2D eigenvalue weighted by Crippen LogP contribution is 2.36. The van der Waals surface area contributed by atoms with Gasteiger partial charge in [0.2, 0.25) is 0 Å². The van der Waals surface area contributed by atoms with Gasteiger partial charge in [-0.15, -0.1) is 22.7 Å². The summed E-state index contributed by atoms with van der Waals surface area (Å²) in [4.78, 5) is 34.3. The number of benzene rings is 2. The minimum Gasteiger partial charge on any atom is -0.476 e. The molecule has 1 aliphatic heterocycles. The van der Waals surface area contributed by atoms with E-state index >= 15 is 0 Å². The van der Waals surface area contributed by atoms with Crippen LogP contribution in [0.4, 0.5) is 0 Å². The van der Waals surface area contributed by atoms with Gasteiger partial charge < -0.3 is 10.0 Å².